The maximum absolute atomic E-state index is 12.9. The zero-order chi connectivity index (χ0) is 13.8. The molecule has 1 aromatic rings. The van der Waals surface area contributed by atoms with E-state index in [0.29, 0.717) is 0 Å². The smallest absolute Gasteiger partial charge is 0.389 e. The third kappa shape index (κ3) is 4.91. The van der Waals surface area contributed by atoms with E-state index in [1.165, 1.54) is 13.0 Å². The minimum Gasteiger partial charge on any atom is -0.493 e. The Balaban J connectivity index is 2.57. The summed E-state index contributed by atoms with van der Waals surface area (Å²) in [6.07, 6.45) is -6.27. The summed E-state index contributed by atoms with van der Waals surface area (Å²) in [6, 6.07) is 3.53. The van der Waals surface area contributed by atoms with Crippen LogP contribution in [-0.4, -0.2) is 17.9 Å². The van der Waals surface area contributed by atoms with Gasteiger partial charge >= 0.3 is 6.18 Å². The Morgan fingerprint density at radius 1 is 1.33 bits per heavy atom. The topological polar surface area (TPSA) is 29.5 Å². The molecule has 1 atom stereocenters. The Bertz CT molecular complexity index is 388. The summed E-state index contributed by atoms with van der Waals surface area (Å²) in [6.45, 7) is 1.29. The Labute approximate surface area is 102 Å². The predicted octanol–water partition coefficient (Wildman–Crippen LogP) is 3.60. The number of hydrogen-bond acceptors (Lipinski definition) is 2. The lowest BCUT2D eigenvalue weighted by Gasteiger charge is -2.14. The van der Waals surface area contributed by atoms with Gasteiger partial charge in [0.15, 0.2) is 0 Å². The van der Waals surface area contributed by atoms with E-state index in [2.05, 4.69) is 0 Å². The van der Waals surface area contributed by atoms with Crippen molar-refractivity contribution >= 4 is 0 Å². The van der Waals surface area contributed by atoms with Gasteiger partial charge in [0.1, 0.15) is 11.6 Å². The minimum atomic E-state index is -4.21. The molecule has 0 aliphatic heterocycles. The molecule has 0 saturated carbocycles. The van der Waals surface area contributed by atoms with E-state index in [-0.39, 0.29) is 24.3 Å². The summed E-state index contributed by atoms with van der Waals surface area (Å²) >= 11 is 0. The number of benzene rings is 1. The molecule has 102 valence electrons. The second kappa shape index (κ2) is 6.04. The summed E-state index contributed by atoms with van der Waals surface area (Å²) in [7, 11) is 0. The fourth-order valence-electron chi connectivity index (χ4n) is 1.43. The number of halogens is 4. The van der Waals surface area contributed by atoms with Crippen LogP contribution in [0.4, 0.5) is 17.6 Å². The van der Waals surface area contributed by atoms with Crippen LogP contribution in [0, 0.1) is 5.82 Å². The standard InChI is InChI=1S/C12H14F4O2/c1-8(17)10-7-9(13)3-4-11(10)18-6-2-5-12(14,15)16/h3-4,7-8,17H,2,5-6H2,1H3. The molecule has 0 saturated heterocycles. The zero-order valence-electron chi connectivity index (χ0n) is 9.80. The number of ether oxygens (including phenoxy) is 1. The highest BCUT2D eigenvalue weighted by Crippen LogP contribution is 2.27. The number of alkyl halides is 3. The van der Waals surface area contributed by atoms with Crippen LogP contribution >= 0.6 is 0 Å². The average Bonchev–Trinajstić information content (AvgIpc) is 2.24. The number of rotatable bonds is 5. The molecule has 0 bridgehead atoms. The Morgan fingerprint density at radius 2 is 2.00 bits per heavy atom. The van der Waals surface area contributed by atoms with Gasteiger partial charge in [0, 0.05) is 12.0 Å². The first-order valence-corrected chi connectivity index (χ1v) is 5.46. The van der Waals surface area contributed by atoms with Gasteiger partial charge in [0.2, 0.25) is 0 Å². The third-order valence-electron chi connectivity index (χ3n) is 2.28. The van der Waals surface area contributed by atoms with Crippen LogP contribution in [0.25, 0.3) is 0 Å². The van der Waals surface area contributed by atoms with Gasteiger partial charge in [0.25, 0.3) is 0 Å². The predicted molar refractivity (Wildman–Crippen MR) is 57.8 cm³/mol. The molecule has 1 N–H and O–H groups in total. The molecule has 0 aliphatic rings. The molecule has 0 radical (unpaired) electrons. The van der Waals surface area contributed by atoms with Crippen LogP contribution in [0.15, 0.2) is 18.2 Å². The highest BCUT2D eigenvalue weighted by molar-refractivity contribution is 5.35. The van der Waals surface area contributed by atoms with Crippen LogP contribution in [0.2, 0.25) is 0 Å². The van der Waals surface area contributed by atoms with Crippen molar-refractivity contribution in [2.75, 3.05) is 6.61 Å². The molecule has 0 fully saturated rings. The lowest BCUT2D eigenvalue weighted by Crippen LogP contribution is -2.10. The molecule has 1 unspecified atom stereocenters. The Morgan fingerprint density at radius 3 is 2.56 bits per heavy atom. The van der Waals surface area contributed by atoms with Gasteiger partial charge in [0.05, 0.1) is 12.7 Å². The van der Waals surface area contributed by atoms with Crippen molar-refractivity contribution < 1.29 is 27.4 Å². The van der Waals surface area contributed by atoms with Gasteiger partial charge in [-0.2, -0.15) is 13.2 Å². The van der Waals surface area contributed by atoms with Crippen molar-refractivity contribution in [3.8, 4) is 5.75 Å². The maximum atomic E-state index is 12.9. The first kappa shape index (κ1) is 14.8. The highest BCUT2D eigenvalue weighted by Gasteiger charge is 2.26. The molecule has 0 spiro atoms. The SMILES string of the molecule is CC(O)c1cc(F)ccc1OCCCC(F)(F)F. The van der Waals surface area contributed by atoms with Crippen LogP contribution in [0.3, 0.4) is 0 Å². The fourth-order valence-corrected chi connectivity index (χ4v) is 1.43. The van der Waals surface area contributed by atoms with Crippen molar-refractivity contribution in [1.82, 2.24) is 0 Å². The molecule has 1 rings (SSSR count). The average molecular weight is 266 g/mol. The van der Waals surface area contributed by atoms with Gasteiger partial charge in [-0.05, 0) is 31.5 Å². The van der Waals surface area contributed by atoms with Crippen molar-refractivity contribution in [3.63, 3.8) is 0 Å². The lowest BCUT2D eigenvalue weighted by molar-refractivity contribution is -0.136. The van der Waals surface area contributed by atoms with E-state index in [1.807, 2.05) is 0 Å². The van der Waals surface area contributed by atoms with E-state index < -0.39 is 24.5 Å². The van der Waals surface area contributed by atoms with E-state index in [0.717, 1.165) is 12.1 Å². The van der Waals surface area contributed by atoms with Crippen molar-refractivity contribution in [2.45, 2.75) is 32.0 Å². The molecule has 0 amide bonds. The van der Waals surface area contributed by atoms with Crippen LogP contribution in [-0.2, 0) is 0 Å². The zero-order valence-corrected chi connectivity index (χ0v) is 9.80. The summed E-state index contributed by atoms with van der Waals surface area (Å²) in [5.41, 5.74) is 0.224. The second-order valence-corrected chi connectivity index (χ2v) is 3.93. The van der Waals surface area contributed by atoms with E-state index in [1.54, 1.807) is 0 Å². The first-order chi connectivity index (χ1) is 8.29. The number of aliphatic hydroxyl groups excluding tert-OH is 1. The molecule has 2 nitrogen and oxygen atoms in total. The third-order valence-corrected chi connectivity index (χ3v) is 2.28. The fraction of sp³-hybridized carbons (Fsp3) is 0.500. The normalized spacial score (nSPS) is 13.4. The minimum absolute atomic E-state index is 0.134. The quantitative estimate of drug-likeness (QED) is 0.651. The molecule has 0 aromatic heterocycles. The van der Waals surface area contributed by atoms with Crippen molar-refractivity contribution in [1.29, 1.82) is 0 Å². The Hall–Kier alpha value is -1.30. The molecule has 1 aromatic carbocycles. The number of aliphatic hydroxyl groups is 1. The van der Waals surface area contributed by atoms with E-state index in [4.69, 9.17) is 4.74 Å². The highest BCUT2D eigenvalue weighted by atomic mass is 19.4. The molecule has 0 aliphatic carbocycles. The van der Waals surface area contributed by atoms with Gasteiger partial charge in [-0.15, -0.1) is 0 Å². The van der Waals surface area contributed by atoms with Gasteiger partial charge in [-0.25, -0.2) is 4.39 Å². The van der Waals surface area contributed by atoms with Crippen LogP contribution in [0.1, 0.15) is 31.4 Å². The van der Waals surface area contributed by atoms with Crippen molar-refractivity contribution in [2.24, 2.45) is 0 Å². The largest absolute Gasteiger partial charge is 0.493 e. The monoisotopic (exact) mass is 266 g/mol. The second-order valence-electron chi connectivity index (χ2n) is 3.93. The summed E-state index contributed by atoms with van der Waals surface area (Å²) in [4.78, 5) is 0. The molecule has 18 heavy (non-hydrogen) atoms. The van der Waals surface area contributed by atoms with Crippen LogP contribution < -0.4 is 4.74 Å². The summed E-state index contributed by atoms with van der Waals surface area (Å²) in [5.74, 6) is -0.331. The summed E-state index contributed by atoms with van der Waals surface area (Å²) in [5, 5.41) is 9.39. The lowest BCUT2D eigenvalue weighted by atomic mass is 10.1. The van der Waals surface area contributed by atoms with Crippen LogP contribution in [0.5, 0.6) is 5.75 Å². The molecular formula is C12H14F4O2. The van der Waals surface area contributed by atoms with Gasteiger partial charge in [-0.1, -0.05) is 0 Å². The van der Waals surface area contributed by atoms with Gasteiger partial charge in [-0.3, -0.25) is 0 Å². The van der Waals surface area contributed by atoms with E-state index >= 15 is 0 Å². The maximum Gasteiger partial charge on any atom is 0.389 e. The number of hydrogen-bond donors (Lipinski definition) is 1. The Kier molecular flexibility index (Phi) is 4.95. The first-order valence-electron chi connectivity index (χ1n) is 5.46. The molecule has 6 heteroatoms. The van der Waals surface area contributed by atoms with Gasteiger partial charge < -0.3 is 9.84 Å². The molecule has 0 heterocycles. The summed E-state index contributed by atoms with van der Waals surface area (Å²) < 4.78 is 53.7. The van der Waals surface area contributed by atoms with Crippen molar-refractivity contribution in [3.05, 3.63) is 29.6 Å². The van der Waals surface area contributed by atoms with E-state index in [9.17, 15) is 22.7 Å². The molecular weight excluding hydrogens is 252 g/mol.